The first-order valence-electron chi connectivity index (χ1n) is 8.12. The lowest BCUT2D eigenvalue weighted by molar-refractivity contribution is -0.125. The Morgan fingerprint density at radius 2 is 1.88 bits per heavy atom. The highest BCUT2D eigenvalue weighted by Crippen LogP contribution is 2.30. The van der Waals surface area contributed by atoms with Crippen LogP contribution in [0.5, 0.6) is 0 Å². The molecule has 2 N–H and O–H groups in total. The van der Waals surface area contributed by atoms with E-state index in [4.69, 9.17) is 11.6 Å². The Hall–Kier alpha value is -3.12. The van der Waals surface area contributed by atoms with E-state index in [0.717, 1.165) is 5.56 Å². The molecule has 0 saturated carbocycles. The van der Waals surface area contributed by atoms with Crippen LogP contribution in [0.4, 0.5) is 11.5 Å². The molecule has 1 aromatic heterocycles. The van der Waals surface area contributed by atoms with Crippen LogP contribution < -0.4 is 10.6 Å². The molecule has 0 unspecified atom stereocenters. The number of hydrogen-bond donors (Lipinski definition) is 2. The normalized spacial score (nSPS) is 15.9. The number of fused-ring (bicyclic) bond motifs is 1. The van der Waals surface area contributed by atoms with Gasteiger partial charge in [-0.3, -0.25) is 9.59 Å². The van der Waals surface area contributed by atoms with Gasteiger partial charge in [-0.05, 0) is 12.1 Å². The van der Waals surface area contributed by atoms with Gasteiger partial charge >= 0.3 is 0 Å². The maximum Gasteiger partial charge on any atom is 0.249 e. The average Bonchev–Trinajstić information content (AvgIpc) is 3.07. The van der Waals surface area contributed by atoms with Gasteiger partial charge in [0.15, 0.2) is 0 Å². The molecule has 26 heavy (non-hydrogen) atoms. The number of anilines is 2. The zero-order chi connectivity index (χ0) is 18.1. The van der Waals surface area contributed by atoms with E-state index >= 15 is 0 Å². The molecule has 7 heteroatoms. The molecule has 6 nitrogen and oxygen atoms in total. The quantitative estimate of drug-likeness (QED) is 0.741. The van der Waals surface area contributed by atoms with Gasteiger partial charge in [0.25, 0.3) is 0 Å². The van der Waals surface area contributed by atoms with Crippen molar-refractivity contribution >= 4 is 34.9 Å². The number of nitrogens with zero attached hydrogens (tertiary/aromatic N) is 2. The van der Waals surface area contributed by atoms with Crippen molar-refractivity contribution in [1.29, 1.82) is 0 Å². The third kappa shape index (κ3) is 3.07. The number of rotatable bonds is 3. The highest BCUT2D eigenvalue weighted by molar-refractivity contribution is 6.33. The number of aromatic nitrogens is 2. The summed E-state index contributed by atoms with van der Waals surface area (Å²) in [6.07, 6.45) is 0.0131. The largest absolute Gasteiger partial charge is 0.323 e. The zero-order valence-corrected chi connectivity index (χ0v) is 14.4. The Bertz CT molecular complexity index is 984. The van der Waals surface area contributed by atoms with Crippen LogP contribution in [0.1, 0.15) is 12.5 Å². The van der Waals surface area contributed by atoms with Crippen molar-refractivity contribution in [1.82, 2.24) is 9.78 Å². The van der Waals surface area contributed by atoms with Crippen LogP contribution in [-0.4, -0.2) is 21.6 Å². The molecule has 1 aliphatic heterocycles. The van der Waals surface area contributed by atoms with Crippen molar-refractivity contribution in [3.63, 3.8) is 0 Å². The summed E-state index contributed by atoms with van der Waals surface area (Å²) >= 11 is 6.10. The lowest BCUT2D eigenvalue weighted by Gasteiger charge is -2.23. The predicted molar refractivity (Wildman–Crippen MR) is 100 cm³/mol. The van der Waals surface area contributed by atoms with Crippen LogP contribution in [-0.2, 0) is 9.59 Å². The Morgan fingerprint density at radius 3 is 2.65 bits per heavy atom. The van der Waals surface area contributed by atoms with Gasteiger partial charge in [-0.15, -0.1) is 0 Å². The second-order valence-corrected chi connectivity index (χ2v) is 6.37. The standard InChI is InChI=1S/C19H15ClN4O2/c20-13-8-4-5-9-14(13)21-19(26)16-11-18(25)22-17-10-15(23-24(16)17)12-6-2-1-3-7-12/h1-10,16H,11H2,(H,21,26)(H,22,25)/t16-/m1/s1. The van der Waals surface area contributed by atoms with Gasteiger partial charge in [-0.1, -0.05) is 54.1 Å². The van der Waals surface area contributed by atoms with E-state index in [9.17, 15) is 9.59 Å². The maximum atomic E-state index is 12.8. The summed E-state index contributed by atoms with van der Waals surface area (Å²) in [6, 6.07) is 17.6. The average molecular weight is 367 g/mol. The summed E-state index contributed by atoms with van der Waals surface area (Å²) in [5.74, 6) is -0.0624. The molecule has 0 bridgehead atoms. The number of benzene rings is 2. The second-order valence-electron chi connectivity index (χ2n) is 5.96. The molecule has 0 aliphatic carbocycles. The van der Waals surface area contributed by atoms with E-state index in [0.29, 0.717) is 22.2 Å². The third-order valence-electron chi connectivity index (χ3n) is 4.18. The highest BCUT2D eigenvalue weighted by Gasteiger charge is 2.32. The monoisotopic (exact) mass is 366 g/mol. The number of amides is 2. The molecule has 2 aromatic carbocycles. The summed E-state index contributed by atoms with van der Waals surface area (Å²) in [7, 11) is 0. The molecule has 1 aliphatic rings. The van der Waals surface area contributed by atoms with Crippen LogP contribution in [0.3, 0.4) is 0 Å². The van der Waals surface area contributed by atoms with Crippen molar-refractivity contribution in [3.8, 4) is 11.3 Å². The van der Waals surface area contributed by atoms with E-state index in [1.165, 1.54) is 0 Å². The van der Waals surface area contributed by atoms with Crippen molar-refractivity contribution < 1.29 is 9.59 Å². The van der Waals surface area contributed by atoms with Crippen molar-refractivity contribution in [2.24, 2.45) is 0 Å². The molecule has 4 rings (SSSR count). The first-order valence-corrected chi connectivity index (χ1v) is 8.50. The van der Waals surface area contributed by atoms with Gasteiger partial charge in [-0.25, -0.2) is 4.68 Å². The summed E-state index contributed by atoms with van der Waals surface area (Å²) in [4.78, 5) is 24.8. The SMILES string of the molecule is O=C1C[C@H](C(=O)Nc2ccccc2Cl)n2nc(-c3ccccc3)cc2N1. The first kappa shape index (κ1) is 16.4. The fourth-order valence-corrected chi connectivity index (χ4v) is 3.10. The second kappa shape index (κ2) is 6.65. The van der Waals surface area contributed by atoms with Gasteiger partial charge in [0, 0.05) is 11.6 Å². The minimum Gasteiger partial charge on any atom is -0.323 e. The first-order chi connectivity index (χ1) is 12.6. The molecule has 130 valence electrons. The van der Waals surface area contributed by atoms with Crippen LogP contribution in [0.25, 0.3) is 11.3 Å². The summed E-state index contributed by atoms with van der Waals surface area (Å²) in [6.45, 7) is 0. The number of nitrogens with one attached hydrogen (secondary N) is 2. The van der Waals surface area contributed by atoms with Gasteiger partial charge < -0.3 is 10.6 Å². The van der Waals surface area contributed by atoms with Gasteiger partial charge in [0.2, 0.25) is 11.8 Å². The van der Waals surface area contributed by atoms with E-state index in [1.54, 1.807) is 35.0 Å². The number of halogens is 1. The molecule has 3 aromatic rings. The lowest BCUT2D eigenvalue weighted by Crippen LogP contribution is -2.35. The van der Waals surface area contributed by atoms with Crippen molar-refractivity contribution in [3.05, 3.63) is 65.7 Å². The zero-order valence-electron chi connectivity index (χ0n) is 13.6. The molecule has 0 radical (unpaired) electrons. The summed E-state index contributed by atoms with van der Waals surface area (Å²) in [5.41, 5.74) is 2.11. The number of carbonyl (C=O) groups is 2. The topological polar surface area (TPSA) is 76.0 Å². The Balaban J connectivity index is 1.66. The predicted octanol–water partition coefficient (Wildman–Crippen LogP) is 3.73. The van der Waals surface area contributed by atoms with Crippen LogP contribution >= 0.6 is 11.6 Å². The third-order valence-corrected chi connectivity index (χ3v) is 4.51. The fraction of sp³-hybridized carbons (Fsp3) is 0.105. The maximum absolute atomic E-state index is 12.8. The highest BCUT2D eigenvalue weighted by atomic mass is 35.5. The van der Waals surface area contributed by atoms with E-state index < -0.39 is 6.04 Å². The Morgan fingerprint density at radius 1 is 1.15 bits per heavy atom. The number of carbonyl (C=O) groups excluding carboxylic acids is 2. The van der Waals surface area contributed by atoms with Crippen molar-refractivity contribution in [2.45, 2.75) is 12.5 Å². The number of para-hydroxylation sites is 1. The summed E-state index contributed by atoms with van der Waals surface area (Å²) in [5, 5.41) is 10.5. The molecular weight excluding hydrogens is 352 g/mol. The van der Waals surface area contributed by atoms with Crippen LogP contribution in [0.15, 0.2) is 60.7 Å². The van der Waals surface area contributed by atoms with Gasteiger partial charge in [0.1, 0.15) is 11.9 Å². The Labute approximate surface area is 154 Å². The molecule has 1 atom stereocenters. The fourth-order valence-electron chi connectivity index (χ4n) is 2.91. The molecule has 0 saturated heterocycles. The number of hydrogen-bond acceptors (Lipinski definition) is 3. The van der Waals surface area contributed by atoms with Crippen LogP contribution in [0, 0.1) is 0 Å². The molecule has 0 spiro atoms. The van der Waals surface area contributed by atoms with Crippen LogP contribution in [0.2, 0.25) is 5.02 Å². The molecule has 2 amide bonds. The molecule has 2 heterocycles. The molecule has 0 fully saturated rings. The Kier molecular flexibility index (Phi) is 4.18. The minimum atomic E-state index is -0.743. The summed E-state index contributed by atoms with van der Waals surface area (Å²) < 4.78 is 1.55. The minimum absolute atomic E-state index is 0.0131. The van der Waals surface area contributed by atoms with Crippen molar-refractivity contribution in [2.75, 3.05) is 10.6 Å². The van der Waals surface area contributed by atoms with E-state index in [-0.39, 0.29) is 18.2 Å². The molecular formula is C19H15ClN4O2. The van der Waals surface area contributed by atoms with Gasteiger partial charge in [0.05, 0.1) is 22.8 Å². The van der Waals surface area contributed by atoms with Gasteiger partial charge in [-0.2, -0.15) is 5.10 Å². The van der Waals surface area contributed by atoms with E-state index in [2.05, 4.69) is 15.7 Å². The van der Waals surface area contributed by atoms with E-state index in [1.807, 2.05) is 30.3 Å². The lowest BCUT2D eigenvalue weighted by atomic mass is 10.1. The smallest absolute Gasteiger partial charge is 0.249 e.